The quantitative estimate of drug-likeness (QED) is 0.739. The van der Waals surface area contributed by atoms with E-state index in [0.29, 0.717) is 6.54 Å². The third-order valence-corrected chi connectivity index (χ3v) is 3.82. The molecule has 0 fully saturated rings. The molecule has 3 nitrogen and oxygen atoms in total. The first kappa shape index (κ1) is 16.5. The molecule has 1 N–H and O–H groups in total. The first-order valence-corrected chi connectivity index (χ1v) is 8.25. The molecular formula is C16H18Br2N2O. The van der Waals surface area contributed by atoms with Crippen LogP contribution in [-0.4, -0.2) is 10.5 Å². The lowest BCUT2D eigenvalue weighted by molar-refractivity contribution is 0.419. The molecule has 2 rings (SSSR count). The number of hydrogen-bond acceptors (Lipinski definition) is 3. The van der Waals surface area contributed by atoms with Gasteiger partial charge in [0.15, 0.2) is 0 Å². The Morgan fingerprint density at radius 3 is 2.57 bits per heavy atom. The van der Waals surface area contributed by atoms with Gasteiger partial charge in [-0.2, -0.15) is 0 Å². The van der Waals surface area contributed by atoms with Gasteiger partial charge in [0.05, 0.1) is 10.2 Å². The summed E-state index contributed by atoms with van der Waals surface area (Å²) in [4.78, 5) is 4.36. The van der Waals surface area contributed by atoms with Gasteiger partial charge in [0.2, 0.25) is 0 Å². The zero-order chi connectivity index (χ0) is 15.5. The number of aromatic nitrogens is 1. The van der Waals surface area contributed by atoms with Crippen LogP contribution in [0.15, 0.2) is 45.5 Å². The number of nitrogens with one attached hydrogen (secondary N) is 1. The van der Waals surface area contributed by atoms with Crippen LogP contribution in [0.4, 0.5) is 0 Å². The van der Waals surface area contributed by atoms with Crippen molar-refractivity contribution in [1.29, 1.82) is 0 Å². The van der Waals surface area contributed by atoms with Crippen molar-refractivity contribution in [3.05, 3.63) is 51.2 Å². The molecular weight excluding hydrogens is 396 g/mol. The minimum Gasteiger partial charge on any atom is -0.456 e. The van der Waals surface area contributed by atoms with Gasteiger partial charge in [0.1, 0.15) is 11.5 Å². The number of benzene rings is 1. The first-order chi connectivity index (χ1) is 9.83. The van der Waals surface area contributed by atoms with Gasteiger partial charge in [-0.3, -0.25) is 4.98 Å². The van der Waals surface area contributed by atoms with E-state index in [1.807, 2.05) is 30.3 Å². The first-order valence-electron chi connectivity index (χ1n) is 6.66. The van der Waals surface area contributed by atoms with Crippen molar-refractivity contribution >= 4 is 31.9 Å². The van der Waals surface area contributed by atoms with E-state index in [9.17, 15) is 0 Å². The molecule has 0 aliphatic heterocycles. The maximum absolute atomic E-state index is 5.90. The molecule has 0 bridgehead atoms. The number of nitrogens with zero attached hydrogens (tertiary/aromatic N) is 1. The van der Waals surface area contributed by atoms with Crippen molar-refractivity contribution in [2.45, 2.75) is 32.9 Å². The Balaban J connectivity index is 2.10. The molecule has 112 valence electrons. The summed E-state index contributed by atoms with van der Waals surface area (Å²) < 4.78 is 7.81. The molecule has 1 aromatic carbocycles. The van der Waals surface area contributed by atoms with E-state index in [1.165, 1.54) is 0 Å². The van der Waals surface area contributed by atoms with Crippen LogP contribution in [0.25, 0.3) is 0 Å². The summed E-state index contributed by atoms with van der Waals surface area (Å²) in [6.07, 6.45) is 1.77. The molecule has 0 unspecified atom stereocenters. The van der Waals surface area contributed by atoms with E-state index in [-0.39, 0.29) is 5.54 Å². The summed E-state index contributed by atoms with van der Waals surface area (Å²) in [7, 11) is 0. The molecule has 1 aromatic heterocycles. The van der Waals surface area contributed by atoms with Crippen molar-refractivity contribution < 1.29 is 4.74 Å². The van der Waals surface area contributed by atoms with E-state index in [0.717, 1.165) is 26.1 Å². The molecule has 0 amide bonds. The van der Waals surface area contributed by atoms with Crippen molar-refractivity contribution in [2.75, 3.05) is 0 Å². The molecule has 0 spiro atoms. The zero-order valence-corrected chi connectivity index (χ0v) is 15.5. The van der Waals surface area contributed by atoms with Crippen LogP contribution >= 0.6 is 31.9 Å². The number of ether oxygens (including phenoxy) is 1. The topological polar surface area (TPSA) is 34.1 Å². The largest absolute Gasteiger partial charge is 0.456 e. The minimum absolute atomic E-state index is 0.0628. The molecule has 2 aromatic rings. The summed E-state index contributed by atoms with van der Waals surface area (Å²) in [5.41, 5.74) is 1.02. The summed E-state index contributed by atoms with van der Waals surface area (Å²) in [5, 5.41) is 3.41. The SMILES string of the molecule is CC(C)(C)NCc1cc(Oc2ccc(Br)cc2Br)ccn1. The Hall–Kier alpha value is -0.910. The summed E-state index contributed by atoms with van der Waals surface area (Å²) in [6, 6.07) is 9.63. The van der Waals surface area contributed by atoms with E-state index in [1.54, 1.807) is 6.20 Å². The summed E-state index contributed by atoms with van der Waals surface area (Å²) in [5.74, 6) is 1.55. The lowest BCUT2D eigenvalue weighted by Gasteiger charge is -2.20. The summed E-state index contributed by atoms with van der Waals surface area (Å²) >= 11 is 6.93. The highest BCUT2D eigenvalue weighted by atomic mass is 79.9. The third-order valence-electron chi connectivity index (χ3n) is 2.71. The van der Waals surface area contributed by atoms with Crippen LogP contribution < -0.4 is 10.1 Å². The molecule has 21 heavy (non-hydrogen) atoms. The predicted octanol–water partition coefficient (Wildman–Crippen LogP) is 5.29. The second-order valence-corrected chi connectivity index (χ2v) is 7.53. The molecule has 5 heteroatoms. The monoisotopic (exact) mass is 412 g/mol. The molecule has 0 saturated heterocycles. The Morgan fingerprint density at radius 2 is 1.90 bits per heavy atom. The molecule has 0 atom stereocenters. The van der Waals surface area contributed by atoms with Crippen molar-refractivity contribution in [3.63, 3.8) is 0 Å². The van der Waals surface area contributed by atoms with E-state index < -0.39 is 0 Å². The van der Waals surface area contributed by atoms with Crippen LogP contribution in [-0.2, 0) is 6.54 Å². The number of rotatable bonds is 4. The Morgan fingerprint density at radius 1 is 1.14 bits per heavy atom. The lowest BCUT2D eigenvalue weighted by Crippen LogP contribution is -2.35. The standard InChI is InChI=1S/C16H18Br2N2O/c1-16(2,3)20-10-12-9-13(6-7-19-12)21-15-5-4-11(17)8-14(15)18/h4-9,20H,10H2,1-3H3. The molecule has 0 radical (unpaired) electrons. The average Bonchev–Trinajstić information content (AvgIpc) is 2.39. The van der Waals surface area contributed by atoms with Crippen molar-refractivity contribution in [3.8, 4) is 11.5 Å². The van der Waals surface area contributed by atoms with Gasteiger partial charge >= 0.3 is 0 Å². The van der Waals surface area contributed by atoms with Gasteiger partial charge in [-0.1, -0.05) is 15.9 Å². The van der Waals surface area contributed by atoms with Crippen LogP contribution in [0.3, 0.4) is 0 Å². The highest BCUT2D eigenvalue weighted by Gasteiger charge is 2.10. The number of hydrogen-bond donors (Lipinski definition) is 1. The number of halogens is 2. The second-order valence-electron chi connectivity index (χ2n) is 5.76. The van der Waals surface area contributed by atoms with Gasteiger partial charge in [-0.25, -0.2) is 0 Å². The van der Waals surface area contributed by atoms with Crippen LogP contribution in [0.1, 0.15) is 26.5 Å². The third kappa shape index (κ3) is 5.41. The minimum atomic E-state index is 0.0628. The highest BCUT2D eigenvalue weighted by Crippen LogP contribution is 2.32. The Labute approximate surface area is 142 Å². The molecule has 0 aliphatic carbocycles. The van der Waals surface area contributed by atoms with Crippen molar-refractivity contribution in [2.24, 2.45) is 0 Å². The van der Waals surface area contributed by atoms with Crippen LogP contribution in [0.5, 0.6) is 11.5 Å². The highest BCUT2D eigenvalue weighted by molar-refractivity contribution is 9.11. The van der Waals surface area contributed by atoms with Crippen LogP contribution in [0, 0.1) is 0 Å². The number of pyridine rings is 1. The smallest absolute Gasteiger partial charge is 0.141 e. The fraction of sp³-hybridized carbons (Fsp3) is 0.312. The molecule has 0 saturated carbocycles. The molecule has 1 heterocycles. The van der Waals surface area contributed by atoms with E-state index >= 15 is 0 Å². The van der Waals surface area contributed by atoms with Gasteiger partial charge in [-0.05, 0) is 61.0 Å². The fourth-order valence-corrected chi connectivity index (χ4v) is 2.78. The van der Waals surface area contributed by atoms with Gasteiger partial charge < -0.3 is 10.1 Å². The lowest BCUT2D eigenvalue weighted by atomic mass is 10.1. The van der Waals surface area contributed by atoms with Crippen molar-refractivity contribution in [1.82, 2.24) is 10.3 Å². The fourth-order valence-electron chi connectivity index (χ4n) is 1.66. The van der Waals surface area contributed by atoms with E-state index in [4.69, 9.17) is 4.74 Å². The maximum atomic E-state index is 5.90. The molecule has 0 aliphatic rings. The second kappa shape index (κ2) is 6.90. The van der Waals surface area contributed by atoms with Gasteiger partial charge in [0, 0.05) is 28.8 Å². The Bertz CT molecular complexity index is 624. The van der Waals surface area contributed by atoms with E-state index in [2.05, 4.69) is 62.9 Å². The normalized spacial score (nSPS) is 11.5. The maximum Gasteiger partial charge on any atom is 0.141 e. The van der Waals surface area contributed by atoms with Gasteiger partial charge in [-0.15, -0.1) is 0 Å². The van der Waals surface area contributed by atoms with Gasteiger partial charge in [0.25, 0.3) is 0 Å². The predicted molar refractivity (Wildman–Crippen MR) is 92.7 cm³/mol. The average molecular weight is 414 g/mol. The summed E-state index contributed by atoms with van der Waals surface area (Å²) in [6.45, 7) is 7.10. The Kier molecular flexibility index (Phi) is 5.41. The van der Waals surface area contributed by atoms with Crippen LogP contribution in [0.2, 0.25) is 0 Å². The zero-order valence-electron chi connectivity index (χ0n) is 12.3.